The minimum atomic E-state index is 0.537. The van der Waals surface area contributed by atoms with Crippen molar-refractivity contribution in [2.24, 2.45) is 0 Å². The monoisotopic (exact) mass is 237 g/mol. The van der Waals surface area contributed by atoms with E-state index >= 15 is 0 Å². The summed E-state index contributed by atoms with van der Waals surface area (Å²) >= 11 is 1.95. The van der Waals surface area contributed by atoms with Gasteiger partial charge < -0.3 is 5.32 Å². The van der Waals surface area contributed by atoms with E-state index in [4.69, 9.17) is 0 Å². The third kappa shape index (κ3) is 4.11. The number of thiophene rings is 1. The topological polar surface area (TPSA) is 12.0 Å². The molecule has 0 spiro atoms. The maximum Gasteiger partial charge on any atom is 0.0414 e. The molecule has 0 bridgehead atoms. The van der Waals surface area contributed by atoms with Gasteiger partial charge in [-0.1, -0.05) is 19.9 Å². The van der Waals surface area contributed by atoms with E-state index in [9.17, 15) is 0 Å². The zero-order chi connectivity index (χ0) is 11.8. The number of aryl methyl sites for hydroxylation is 1. The van der Waals surface area contributed by atoms with Gasteiger partial charge in [-0.25, -0.2) is 0 Å². The third-order valence-electron chi connectivity index (χ3n) is 2.73. The van der Waals surface area contributed by atoms with Gasteiger partial charge in [0.05, 0.1) is 0 Å². The Kier molecular flexibility index (Phi) is 6.43. The van der Waals surface area contributed by atoms with E-state index in [0.717, 1.165) is 19.4 Å². The largest absolute Gasteiger partial charge is 0.310 e. The van der Waals surface area contributed by atoms with Gasteiger partial charge in [0.15, 0.2) is 0 Å². The Labute approximate surface area is 104 Å². The van der Waals surface area contributed by atoms with Crippen molar-refractivity contribution in [3.8, 4) is 0 Å². The van der Waals surface area contributed by atoms with Crippen LogP contribution in [0.1, 0.15) is 48.9 Å². The highest BCUT2D eigenvalue weighted by atomic mass is 32.1. The number of unbranched alkanes of at least 4 members (excludes halogenated alkanes) is 1. The Morgan fingerprint density at radius 2 is 2.25 bits per heavy atom. The summed E-state index contributed by atoms with van der Waals surface area (Å²) in [6, 6.07) is 5.08. The van der Waals surface area contributed by atoms with Gasteiger partial charge in [-0.05, 0) is 44.4 Å². The number of hydrogen-bond acceptors (Lipinski definition) is 2. The van der Waals surface area contributed by atoms with Crippen LogP contribution in [0.2, 0.25) is 0 Å². The fraction of sp³-hybridized carbons (Fsp3) is 0.571. The van der Waals surface area contributed by atoms with E-state index in [2.05, 4.69) is 37.9 Å². The molecule has 0 aliphatic rings. The zero-order valence-electron chi connectivity index (χ0n) is 10.5. The van der Waals surface area contributed by atoms with E-state index in [1.54, 1.807) is 0 Å². The Bertz CT molecular complexity index is 303. The standard InChI is InChI=1S/C14H23NS/c1-4-7-8-9-13(15-6-3)14-11-10-12(5-2)16-14/h4,10-11,13,15H,1,5-9H2,2-3H3. The summed E-state index contributed by atoms with van der Waals surface area (Å²) < 4.78 is 0. The average Bonchev–Trinajstić information content (AvgIpc) is 2.76. The van der Waals surface area contributed by atoms with E-state index in [1.807, 2.05) is 17.4 Å². The molecule has 2 heteroatoms. The maximum atomic E-state index is 3.78. The Balaban J connectivity index is 2.57. The summed E-state index contributed by atoms with van der Waals surface area (Å²) in [4.78, 5) is 2.98. The van der Waals surface area contributed by atoms with Crippen LogP contribution in [0, 0.1) is 0 Å². The van der Waals surface area contributed by atoms with Crippen LogP contribution >= 0.6 is 11.3 Å². The van der Waals surface area contributed by atoms with Crippen molar-refractivity contribution in [1.82, 2.24) is 5.32 Å². The molecule has 1 aromatic rings. The molecule has 0 fully saturated rings. The third-order valence-corrected chi connectivity index (χ3v) is 4.07. The summed E-state index contributed by atoms with van der Waals surface area (Å²) in [5.74, 6) is 0. The number of rotatable bonds is 8. The Morgan fingerprint density at radius 3 is 2.81 bits per heavy atom. The number of allylic oxidation sites excluding steroid dienone is 1. The van der Waals surface area contributed by atoms with Crippen LogP contribution in [0.25, 0.3) is 0 Å². The molecule has 1 rings (SSSR count). The highest BCUT2D eigenvalue weighted by molar-refractivity contribution is 7.12. The Morgan fingerprint density at radius 1 is 1.44 bits per heavy atom. The van der Waals surface area contributed by atoms with Crippen molar-refractivity contribution in [1.29, 1.82) is 0 Å². The van der Waals surface area contributed by atoms with E-state index < -0.39 is 0 Å². The molecule has 1 aromatic heterocycles. The van der Waals surface area contributed by atoms with Gasteiger partial charge >= 0.3 is 0 Å². The first kappa shape index (κ1) is 13.5. The zero-order valence-corrected chi connectivity index (χ0v) is 11.3. The molecule has 1 nitrogen and oxygen atoms in total. The van der Waals surface area contributed by atoms with Crippen molar-refractivity contribution in [3.63, 3.8) is 0 Å². The van der Waals surface area contributed by atoms with Crippen LogP contribution in [0.5, 0.6) is 0 Å². The summed E-state index contributed by atoms with van der Waals surface area (Å²) in [6.07, 6.45) is 6.71. The summed E-state index contributed by atoms with van der Waals surface area (Å²) in [6.45, 7) is 9.21. The van der Waals surface area contributed by atoms with Crippen molar-refractivity contribution < 1.29 is 0 Å². The van der Waals surface area contributed by atoms with Gasteiger partial charge in [-0.3, -0.25) is 0 Å². The molecule has 0 amide bonds. The van der Waals surface area contributed by atoms with Crippen molar-refractivity contribution in [2.45, 2.75) is 45.6 Å². The van der Waals surface area contributed by atoms with Crippen molar-refractivity contribution in [2.75, 3.05) is 6.54 Å². The summed E-state index contributed by atoms with van der Waals surface area (Å²) in [5, 5.41) is 3.57. The second kappa shape index (κ2) is 7.64. The van der Waals surface area contributed by atoms with Gasteiger partial charge in [-0.15, -0.1) is 17.9 Å². The molecule has 0 saturated carbocycles. The van der Waals surface area contributed by atoms with Crippen molar-refractivity contribution in [3.05, 3.63) is 34.5 Å². The first-order chi connectivity index (χ1) is 7.81. The first-order valence-electron chi connectivity index (χ1n) is 6.24. The molecule has 1 heterocycles. The molecule has 1 atom stereocenters. The van der Waals surface area contributed by atoms with Crippen LogP contribution in [0.4, 0.5) is 0 Å². The van der Waals surface area contributed by atoms with E-state index in [-0.39, 0.29) is 0 Å². The van der Waals surface area contributed by atoms with Gasteiger partial charge in [0.25, 0.3) is 0 Å². The highest BCUT2D eigenvalue weighted by Gasteiger charge is 2.11. The van der Waals surface area contributed by atoms with Crippen LogP contribution < -0.4 is 5.32 Å². The van der Waals surface area contributed by atoms with E-state index in [0.29, 0.717) is 6.04 Å². The van der Waals surface area contributed by atoms with Gasteiger partial charge in [0.2, 0.25) is 0 Å². The summed E-state index contributed by atoms with van der Waals surface area (Å²) in [7, 11) is 0. The molecule has 0 radical (unpaired) electrons. The second-order valence-electron chi connectivity index (χ2n) is 3.99. The molecule has 16 heavy (non-hydrogen) atoms. The predicted molar refractivity (Wildman–Crippen MR) is 74.2 cm³/mol. The molecule has 1 N–H and O–H groups in total. The minimum Gasteiger partial charge on any atom is -0.310 e. The lowest BCUT2D eigenvalue weighted by Gasteiger charge is -2.15. The summed E-state index contributed by atoms with van der Waals surface area (Å²) in [5.41, 5.74) is 0. The molecule has 0 aliphatic carbocycles. The van der Waals surface area contributed by atoms with Crippen molar-refractivity contribution >= 4 is 11.3 Å². The average molecular weight is 237 g/mol. The predicted octanol–water partition coefficient (Wildman–Crippen LogP) is 4.32. The SMILES string of the molecule is C=CCCCC(NCC)c1ccc(CC)s1. The lowest BCUT2D eigenvalue weighted by atomic mass is 10.1. The maximum absolute atomic E-state index is 3.78. The Hall–Kier alpha value is -0.600. The highest BCUT2D eigenvalue weighted by Crippen LogP contribution is 2.27. The number of nitrogens with one attached hydrogen (secondary N) is 1. The van der Waals surface area contributed by atoms with Crippen LogP contribution in [-0.2, 0) is 6.42 Å². The fourth-order valence-electron chi connectivity index (χ4n) is 1.83. The molecule has 0 aromatic carbocycles. The smallest absolute Gasteiger partial charge is 0.0414 e. The van der Waals surface area contributed by atoms with Gasteiger partial charge in [0, 0.05) is 15.8 Å². The molecule has 0 aliphatic heterocycles. The lowest BCUT2D eigenvalue weighted by Crippen LogP contribution is -2.19. The molecular weight excluding hydrogens is 214 g/mol. The normalized spacial score (nSPS) is 12.6. The van der Waals surface area contributed by atoms with E-state index in [1.165, 1.54) is 22.6 Å². The minimum absolute atomic E-state index is 0.537. The molecule has 0 saturated heterocycles. The van der Waals surface area contributed by atoms with Crippen LogP contribution in [0.3, 0.4) is 0 Å². The molecule has 90 valence electrons. The first-order valence-corrected chi connectivity index (χ1v) is 7.06. The van der Waals surface area contributed by atoms with Crippen LogP contribution in [-0.4, -0.2) is 6.54 Å². The second-order valence-corrected chi connectivity index (χ2v) is 5.19. The lowest BCUT2D eigenvalue weighted by molar-refractivity contribution is 0.507. The molecular formula is C14H23NS. The van der Waals surface area contributed by atoms with Gasteiger partial charge in [-0.2, -0.15) is 0 Å². The quantitative estimate of drug-likeness (QED) is 0.524. The number of hydrogen-bond donors (Lipinski definition) is 1. The van der Waals surface area contributed by atoms with Crippen LogP contribution in [0.15, 0.2) is 24.8 Å². The molecule has 1 unspecified atom stereocenters. The fourth-order valence-corrected chi connectivity index (χ4v) is 2.89. The van der Waals surface area contributed by atoms with Gasteiger partial charge in [0.1, 0.15) is 0 Å².